The van der Waals surface area contributed by atoms with Gasteiger partial charge in [-0.2, -0.15) is 5.26 Å². The van der Waals surface area contributed by atoms with Gasteiger partial charge in [-0.1, -0.05) is 0 Å². The zero-order chi connectivity index (χ0) is 13.7. The van der Waals surface area contributed by atoms with Crippen molar-refractivity contribution in [1.82, 2.24) is 0 Å². The number of anilines is 1. The lowest BCUT2D eigenvalue weighted by Gasteiger charge is -2.09. The molecule has 0 aliphatic carbocycles. The highest BCUT2D eigenvalue weighted by molar-refractivity contribution is 5.51. The summed E-state index contributed by atoms with van der Waals surface area (Å²) in [7, 11) is 0. The molecule has 0 fully saturated rings. The van der Waals surface area contributed by atoms with Gasteiger partial charge < -0.3 is 15.2 Å². The van der Waals surface area contributed by atoms with Crippen LogP contribution in [0.25, 0.3) is 0 Å². The maximum atomic E-state index is 8.73. The monoisotopic (exact) mass is 254 g/mol. The van der Waals surface area contributed by atoms with Gasteiger partial charge in [0, 0.05) is 23.9 Å². The standard InChI is InChI=1S/C15H14N2O2/c1-2-18-14-7-12(17)8-15(9-14)19-13-5-3-11(10-16)4-6-13/h3-9H,2,17H2,1H3. The van der Waals surface area contributed by atoms with Crippen molar-refractivity contribution in [2.24, 2.45) is 0 Å². The molecule has 2 aromatic carbocycles. The normalized spacial score (nSPS) is 9.68. The first kappa shape index (κ1) is 12.8. The summed E-state index contributed by atoms with van der Waals surface area (Å²) in [5.74, 6) is 1.92. The first-order valence-electron chi connectivity index (χ1n) is 5.92. The number of nitrogens with zero attached hydrogens (tertiary/aromatic N) is 1. The fourth-order valence-electron chi connectivity index (χ4n) is 1.64. The molecule has 0 spiro atoms. The van der Waals surface area contributed by atoms with Crippen molar-refractivity contribution in [3.63, 3.8) is 0 Å². The van der Waals surface area contributed by atoms with Gasteiger partial charge in [0.25, 0.3) is 0 Å². The molecule has 2 rings (SSSR count). The number of hydrogen-bond acceptors (Lipinski definition) is 4. The van der Waals surface area contributed by atoms with Crippen LogP contribution in [-0.2, 0) is 0 Å². The predicted molar refractivity (Wildman–Crippen MR) is 73.3 cm³/mol. The third-order valence-electron chi connectivity index (χ3n) is 2.43. The highest BCUT2D eigenvalue weighted by Gasteiger charge is 2.02. The largest absolute Gasteiger partial charge is 0.494 e. The molecule has 0 saturated carbocycles. The van der Waals surface area contributed by atoms with Crippen LogP contribution in [0.3, 0.4) is 0 Å². The summed E-state index contributed by atoms with van der Waals surface area (Å²) in [6.45, 7) is 2.48. The number of benzene rings is 2. The van der Waals surface area contributed by atoms with Crippen LogP contribution >= 0.6 is 0 Å². The van der Waals surface area contributed by atoms with E-state index in [1.54, 1.807) is 42.5 Å². The van der Waals surface area contributed by atoms with E-state index in [0.717, 1.165) is 0 Å². The number of nitrogen functional groups attached to an aromatic ring is 1. The van der Waals surface area contributed by atoms with Gasteiger partial charge in [0.2, 0.25) is 0 Å². The second-order valence-electron chi connectivity index (χ2n) is 3.91. The van der Waals surface area contributed by atoms with E-state index in [0.29, 0.717) is 35.1 Å². The van der Waals surface area contributed by atoms with Gasteiger partial charge in [0.1, 0.15) is 17.2 Å². The number of rotatable bonds is 4. The molecule has 0 radical (unpaired) electrons. The van der Waals surface area contributed by atoms with Gasteiger partial charge in [-0.05, 0) is 31.2 Å². The van der Waals surface area contributed by atoms with Gasteiger partial charge >= 0.3 is 0 Å². The van der Waals surface area contributed by atoms with Crippen molar-refractivity contribution in [3.8, 4) is 23.3 Å². The van der Waals surface area contributed by atoms with Crippen LogP contribution in [0.15, 0.2) is 42.5 Å². The summed E-state index contributed by atoms with van der Waals surface area (Å²) in [6, 6.07) is 14.2. The molecular weight excluding hydrogens is 240 g/mol. The third-order valence-corrected chi connectivity index (χ3v) is 2.43. The Kier molecular flexibility index (Phi) is 3.89. The highest BCUT2D eigenvalue weighted by atomic mass is 16.5. The predicted octanol–water partition coefficient (Wildman–Crippen LogP) is 3.33. The van der Waals surface area contributed by atoms with E-state index in [1.165, 1.54) is 0 Å². The van der Waals surface area contributed by atoms with Crippen LogP contribution in [0.2, 0.25) is 0 Å². The molecule has 0 saturated heterocycles. The molecule has 19 heavy (non-hydrogen) atoms. The average molecular weight is 254 g/mol. The second kappa shape index (κ2) is 5.78. The van der Waals surface area contributed by atoms with E-state index in [-0.39, 0.29) is 0 Å². The zero-order valence-corrected chi connectivity index (χ0v) is 10.6. The molecule has 2 aromatic rings. The van der Waals surface area contributed by atoms with E-state index in [1.807, 2.05) is 6.92 Å². The third kappa shape index (κ3) is 3.39. The van der Waals surface area contributed by atoms with Crippen LogP contribution in [0.5, 0.6) is 17.2 Å². The molecule has 0 bridgehead atoms. The van der Waals surface area contributed by atoms with Crippen LogP contribution < -0.4 is 15.2 Å². The Morgan fingerprint density at radius 3 is 2.37 bits per heavy atom. The number of ether oxygens (including phenoxy) is 2. The molecule has 0 atom stereocenters. The average Bonchev–Trinajstić information content (AvgIpc) is 2.39. The number of nitrogens with two attached hydrogens (primary N) is 1. The van der Waals surface area contributed by atoms with Crippen molar-refractivity contribution in [2.75, 3.05) is 12.3 Å². The SMILES string of the molecule is CCOc1cc(N)cc(Oc2ccc(C#N)cc2)c1. The molecule has 0 heterocycles. The van der Waals surface area contributed by atoms with E-state index in [2.05, 4.69) is 6.07 Å². The maximum Gasteiger partial charge on any atom is 0.133 e. The Morgan fingerprint density at radius 2 is 1.74 bits per heavy atom. The summed E-state index contributed by atoms with van der Waals surface area (Å²) >= 11 is 0. The smallest absolute Gasteiger partial charge is 0.133 e. The van der Waals surface area contributed by atoms with E-state index >= 15 is 0 Å². The molecule has 2 N–H and O–H groups in total. The Bertz CT molecular complexity index is 601. The quantitative estimate of drug-likeness (QED) is 0.850. The first-order valence-corrected chi connectivity index (χ1v) is 5.92. The van der Waals surface area contributed by atoms with Crippen LogP contribution in [0, 0.1) is 11.3 Å². The fourth-order valence-corrected chi connectivity index (χ4v) is 1.64. The summed E-state index contributed by atoms with van der Waals surface area (Å²) in [6.07, 6.45) is 0. The minimum atomic E-state index is 0.569. The van der Waals surface area contributed by atoms with Crippen molar-refractivity contribution >= 4 is 5.69 Å². The molecule has 96 valence electrons. The highest BCUT2D eigenvalue weighted by Crippen LogP contribution is 2.28. The lowest BCUT2D eigenvalue weighted by Crippen LogP contribution is -1.94. The van der Waals surface area contributed by atoms with Gasteiger partial charge in [0.15, 0.2) is 0 Å². The summed E-state index contributed by atoms with van der Waals surface area (Å²) in [5.41, 5.74) is 6.96. The van der Waals surface area contributed by atoms with Crippen molar-refractivity contribution in [2.45, 2.75) is 6.92 Å². The molecule has 0 aliphatic heterocycles. The van der Waals surface area contributed by atoms with Crippen molar-refractivity contribution < 1.29 is 9.47 Å². The van der Waals surface area contributed by atoms with Gasteiger partial charge in [-0.15, -0.1) is 0 Å². The van der Waals surface area contributed by atoms with Crippen molar-refractivity contribution in [1.29, 1.82) is 5.26 Å². The summed E-state index contributed by atoms with van der Waals surface area (Å²) in [4.78, 5) is 0. The molecule has 0 aromatic heterocycles. The molecule has 0 amide bonds. The van der Waals surface area contributed by atoms with Gasteiger partial charge in [-0.25, -0.2) is 0 Å². The lowest BCUT2D eigenvalue weighted by atomic mass is 10.2. The molecule has 4 nitrogen and oxygen atoms in total. The Balaban J connectivity index is 2.20. The molecule has 4 heteroatoms. The van der Waals surface area contributed by atoms with Crippen LogP contribution in [0.4, 0.5) is 5.69 Å². The fraction of sp³-hybridized carbons (Fsp3) is 0.133. The number of nitriles is 1. The van der Waals surface area contributed by atoms with Crippen LogP contribution in [-0.4, -0.2) is 6.61 Å². The maximum absolute atomic E-state index is 8.73. The first-order chi connectivity index (χ1) is 9.21. The van der Waals surface area contributed by atoms with Crippen molar-refractivity contribution in [3.05, 3.63) is 48.0 Å². The molecule has 0 unspecified atom stereocenters. The summed E-state index contributed by atoms with van der Waals surface area (Å²) in [5, 5.41) is 8.73. The van der Waals surface area contributed by atoms with Gasteiger partial charge in [0.05, 0.1) is 18.2 Å². The minimum absolute atomic E-state index is 0.569. The second-order valence-corrected chi connectivity index (χ2v) is 3.91. The topological polar surface area (TPSA) is 68.3 Å². The number of hydrogen-bond donors (Lipinski definition) is 1. The minimum Gasteiger partial charge on any atom is -0.494 e. The molecular formula is C15H14N2O2. The Hall–Kier alpha value is -2.67. The van der Waals surface area contributed by atoms with E-state index in [9.17, 15) is 0 Å². The summed E-state index contributed by atoms with van der Waals surface area (Å²) < 4.78 is 11.1. The van der Waals surface area contributed by atoms with E-state index < -0.39 is 0 Å². The Labute approximate surface area is 112 Å². The van der Waals surface area contributed by atoms with Gasteiger partial charge in [-0.3, -0.25) is 0 Å². The Morgan fingerprint density at radius 1 is 1.05 bits per heavy atom. The zero-order valence-electron chi connectivity index (χ0n) is 10.6. The van der Waals surface area contributed by atoms with E-state index in [4.69, 9.17) is 20.5 Å². The molecule has 0 aliphatic rings. The lowest BCUT2D eigenvalue weighted by molar-refractivity contribution is 0.338. The van der Waals surface area contributed by atoms with Crippen LogP contribution in [0.1, 0.15) is 12.5 Å².